The third-order valence-electron chi connectivity index (χ3n) is 9.51. The van der Waals surface area contributed by atoms with Crippen LogP contribution in [0.3, 0.4) is 0 Å². The summed E-state index contributed by atoms with van der Waals surface area (Å²) in [6.07, 6.45) is 6.69. The van der Waals surface area contributed by atoms with Gasteiger partial charge in [-0.05, 0) is 62.7 Å². The van der Waals surface area contributed by atoms with Crippen LogP contribution in [0, 0.1) is 23.2 Å². The zero-order valence-electron chi connectivity index (χ0n) is 31.0. The monoisotopic (exact) mass is 690 g/mol. The molecule has 0 aromatic rings. The molecule has 1 aliphatic heterocycles. The molecule has 2 aliphatic rings. The second kappa shape index (κ2) is 19.5. The van der Waals surface area contributed by atoms with E-state index in [1.54, 1.807) is 4.90 Å². The maximum Gasteiger partial charge on any atom is 0.407 e. The molecular weight excluding hydrogens is 628 g/mol. The molecule has 0 aromatic heterocycles. The Morgan fingerprint density at radius 3 is 2.12 bits per heavy atom. The van der Waals surface area contributed by atoms with E-state index < -0.39 is 59.3 Å². The number of carbonyl (C=O) groups excluding carboxylic acids is 6. The molecule has 1 saturated carbocycles. The first kappa shape index (κ1) is 41.5. The Hall–Kier alpha value is -3.64. The van der Waals surface area contributed by atoms with E-state index in [9.17, 15) is 28.8 Å². The summed E-state index contributed by atoms with van der Waals surface area (Å²) in [4.78, 5) is 81.4. The maximum atomic E-state index is 14.5. The highest BCUT2D eigenvalue weighted by molar-refractivity contribution is 6.38. The first-order chi connectivity index (χ1) is 23.0. The predicted molar refractivity (Wildman–Crippen MR) is 188 cm³/mol. The van der Waals surface area contributed by atoms with Gasteiger partial charge in [-0.1, -0.05) is 73.3 Å². The fourth-order valence-electron chi connectivity index (χ4n) is 6.64. The second-order valence-corrected chi connectivity index (χ2v) is 15.2. The van der Waals surface area contributed by atoms with E-state index in [1.807, 2.05) is 55.4 Å². The van der Waals surface area contributed by atoms with Crippen molar-refractivity contribution in [3.63, 3.8) is 0 Å². The third-order valence-corrected chi connectivity index (χ3v) is 9.51. The number of urea groups is 1. The van der Waals surface area contributed by atoms with Crippen molar-refractivity contribution < 1.29 is 33.5 Å². The summed E-state index contributed by atoms with van der Waals surface area (Å²) in [6, 6.07) is -4.01. The van der Waals surface area contributed by atoms with Crippen LogP contribution in [0.25, 0.3) is 0 Å². The highest BCUT2D eigenvalue weighted by Gasteiger charge is 2.47. The molecule has 2 fully saturated rings. The molecule has 2 rings (SSSR count). The molecule has 6 amide bonds. The Morgan fingerprint density at radius 1 is 0.918 bits per heavy atom. The van der Waals surface area contributed by atoms with Gasteiger partial charge in [-0.2, -0.15) is 0 Å². The van der Waals surface area contributed by atoms with E-state index in [0.717, 1.165) is 32.1 Å². The number of rotatable bonds is 16. The van der Waals surface area contributed by atoms with Gasteiger partial charge in [0.1, 0.15) is 18.7 Å². The number of nitrogens with one attached hydrogen (secondary N) is 5. The number of hydrogen-bond donors (Lipinski definition) is 5. The van der Waals surface area contributed by atoms with E-state index in [2.05, 4.69) is 33.2 Å². The molecule has 5 atom stereocenters. The normalized spacial score (nSPS) is 20.2. The smallest absolute Gasteiger partial charge is 0.407 e. The predicted octanol–water partition coefficient (Wildman–Crippen LogP) is 3.81. The van der Waals surface area contributed by atoms with Crippen molar-refractivity contribution in [3.05, 3.63) is 12.7 Å². The molecule has 0 bridgehead atoms. The summed E-state index contributed by atoms with van der Waals surface area (Å²) in [6.45, 7) is 19.2. The molecule has 5 N–H and O–H groups in total. The van der Waals surface area contributed by atoms with Gasteiger partial charge in [0.05, 0.1) is 12.1 Å². The number of amides is 6. The molecule has 1 heterocycles. The molecule has 278 valence electrons. The Balaban J connectivity index is 2.33. The fourth-order valence-corrected chi connectivity index (χ4v) is 6.64. The standard InChI is InChI=1S/C36H62N6O7/c1-10-15-26(30(43)32(45)37-19-11-2)39-31(44)29-25(22(3)4)18-20-42(29)33(46)28(24-16-13-12-14-17-24)41-34(47)40-27(36(7,8)9)21-49-35(48)38-23(5)6/h11,22-29H,2,10,12-21H2,1,3-9H3,(H,37,45)(H,38,48)(H,39,44)(H2,40,41,47)/t25-,26?,27-,28+,29?/m1/s1. The van der Waals surface area contributed by atoms with Crippen molar-refractivity contribution in [2.24, 2.45) is 23.2 Å². The highest BCUT2D eigenvalue weighted by atomic mass is 16.5. The highest BCUT2D eigenvalue weighted by Crippen LogP contribution is 2.34. The topological polar surface area (TPSA) is 175 Å². The average Bonchev–Trinajstić information content (AvgIpc) is 3.49. The first-order valence-electron chi connectivity index (χ1n) is 18.1. The van der Waals surface area contributed by atoms with Crippen LogP contribution in [-0.2, 0) is 23.9 Å². The molecule has 0 spiro atoms. The van der Waals surface area contributed by atoms with Gasteiger partial charge in [0, 0.05) is 19.1 Å². The van der Waals surface area contributed by atoms with Crippen LogP contribution in [0.5, 0.6) is 0 Å². The third kappa shape index (κ3) is 12.6. The maximum absolute atomic E-state index is 14.5. The van der Waals surface area contributed by atoms with Crippen molar-refractivity contribution in [3.8, 4) is 0 Å². The molecule has 13 nitrogen and oxygen atoms in total. The molecule has 1 aliphatic carbocycles. The van der Waals surface area contributed by atoms with Crippen molar-refractivity contribution in [1.82, 2.24) is 31.5 Å². The van der Waals surface area contributed by atoms with Crippen LogP contribution in [0.1, 0.15) is 107 Å². The van der Waals surface area contributed by atoms with Crippen LogP contribution in [0.15, 0.2) is 12.7 Å². The molecular formula is C36H62N6O7. The van der Waals surface area contributed by atoms with E-state index in [4.69, 9.17) is 4.74 Å². The lowest BCUT2D eigenvalue weighted by molar-refractivity contribution is -0.144. The van der Waals surface area contributed by atoms with Gasteiger partial charge in [-0.25, -0.2) is 9.59 Å². The van der Waals surface area contributed by atoms with Crippen LogP contribution in [0.2, 0.25) is 0 Å². The fraction of sp³-hybridized carbons (Fsp3) is 0.778. The van der Waals surface area contributed by atoms with Gasteiger partial charge < -0.3 is 36.2 Å². The SMILES string of the molecule is C=CCNC(=O)C(=O)C(CCC)NC(=O)C1[C@@H](C(C)C)CCN1C(=O)[C@@H](NC(=O)N[C@H](COC(=O)NC(C)C)C(C)(C)C)C1CCCCC1. The van der Waals surface area contributed by atoms with E-state index >= 15 is 0 Å². The number of carbonyl (C=O) groups is 6. The summed E-state index contributed by atoms with van der Waals surface area (Å²) in [5, 5.41) is 13.9. The van der Waals surface area contributed by atoms with Gasteiger partial charge in [0.2, 0.25) is 17.6 Å². The second-order valence-electron chi connectivity index (χ2n) is 15.2. The van der Waals surface area contributed by atoms with Crippen molar-refractivity contribution in [1.29, 1.82) is 0 Å². The van der Waals surface area contributed by atoms with Crippen molar-refractivity contribution in [2.45, 2.75) is 137 Å². The lowest BCUT2D eigenvalue weighted by Crippen LogP contribution is -2.61. The number of Topliss-reactive ketones (excluding diaryl/α,β-unsaturated/α-hetero) is 1. The lowest BCUT2D eigenvalue weighted by Gasteiger charge is -2.37. The summed E-state index contributed by atoms with van der Waals surface area (Å²) >= 11 is 0. The Labute approximate surface area is 292 Å². The zero-order chi connectivity index (χ0) is 36.9. The van der Waals surface area contributed by atoms with Gasteiger partial charge in [-0.15, -0.1) is 6.58 Å². The van der Waals surface area contributed by atoms with Crippen LogP contribution in [-0.4, -0.2) is 90.4 Å². The summed E-state index contributed by atoms with van der Waals surface area (Å²) in [5.41, 5.74) is -0.475. The lowest BCUT2D eigenvalue weighted by atomic mass is 9.82. The van der Waals surface area contributed by atoms with Crippen molar-refractivity contribution >= 4 is 35.6 Å². The minimum atomic E-state index is -1.04. The minimum Gasteiger partial charge on any atom is -0.447 e. The van der Waals surface area contributed by atoms with Gasteiger partial charge in [-0.3, -0.25) is 19.2 Å². The number of likely N-dealkylation sites (tertiary alicyclic amines) is 1. The number of nitrogens with zero attached hydrogens (tertiary/aromatic N) is 1. The van der Waals surface area contributed by atoms with Crippen molar-refractivity contribution in [2.75, 3.05) is 19.7 Å². The largest absolute Gasteiger partial charge is 0.447 e. The average molecular weight is 691 g/mol. The first-order valence-corrected chi connectivity index (χ1v) is 18.1. The van der Waals surface area contributed by atoms with Crippen LogP contribution < -0.4 is 26.6 Å². The van der Waals surface area contributed by atoms with E-state index in [0.29, 0.717) is 19.4 Å². The van der Waals surface area contributed by atoms with Gasteiger partial charge in [0.15, 0.2) is 0 Å². The molecule has 0 aromatic carbocycles. The number of hydrogen-bond acceptors (Lipinski definition) is 7. The van der Waals surface area contributed by atoms with Crippen LogP contribution >= 0.6 is 0 Å². The number of ether oxygens (including phenoxy) is 1. The molecule has 1 saturated heterocycles. The van der Waals surface area contributed by atoms with Crippen LogP contribution in [0.4, 0.5) is 9.59 Å². The Kier molecular flexibility index (Phi) is 16.5. The quantitative estimate of drug-likeness (QED) is 0.121. The minimum absolute atomic E-state index is 0.0506. The number of alkyl carbamates (subject to hydrolysis) is 1. The Bertz CT molecular complexity index is 1160. The molecule has 2 unspecified atom stereocenters. The number of ketones is 1. The summed E-state index contributed by atoms with van der Waals surface area (Å²) in [7, 11) is 0. The van der Waals surface area contributed by atoms with E-state index in [-0.39, 0.29) is 49.3 Å². The van der Waals surface area contributed by atoms with Gasteiger partial charge >= 0.3 is 12.1 Å². The van der Waals surface area contributed by atoms with Gasteiger partial charge in [0.25, 0.3) is 5.91 Å². The Morgan fingerprint density at radius 2 is 1.57 bits per heavy atom. The molecule has 49 heavy (non-hydrogen) atoms. The van der Waals surface area contributed by atoms with E-state index in [1.165, 1.54) is 6.08 Å². The summed E-state index contributed by atoms with van der Waals surface area (Å²) in [5.74, 6) is -2.63. The molecule has 0 radical (unpaired) electrons. The zero-order valence-corrected chi connectivity index (χ0v) is 31.0. The summed E-state index contributed by atoms with van der Waals surface area (Å²) < 4.78 is 5.40. The molecule has 13 heteroatoms.